The largest absolute Gasteiger partial charge is 0.493 e. The molecular formula is C16H26N2O4S. The highest BCUT2D eigenvalue weighted by atomic mass is 32.2. The summed E-state index contributed by atoms with van der Waals surface area (Å²) in [6, 6.07) is 5.50. The van der Waals surface area contributed by atoms with Gasteiger partial charge in [0.1, 0.15) is 0 Å². The van der Waals surface area contributed by atoms with Crippen LogP contribution in [0.5, 0.6) is 11.5 Å². The maximum absolute atomic E-state index is 12.8. The monoisotopic (exact) mass is 342 g/mol. The Balaban J connectivity index is 2.18. The van der Waals surface area contributed by atoms with Crippen LogP contribution in [0.1, 0.15) is 31.7 Å². The molecule has 1 fully saturated rings. The Bertz CT molecular complexity index is 613. The van der Waals surface area contributed by atoms with Gasteiger partial charge in [-0.2, -0.15) is 17.0 Å². The van der Waals surface area contributed by atoms with Crippen LogP contribution in [0.2, 0.25) is 0 Å². The summed E-state index contributed by atoms with van der Waals surface area (Å²) in [5.74, 6) is 1.25. The van der Waals surface area contributed by atoms with Crippen molar-refractivity contribution >= 4 is 10.2 Å². The van der Waals surface area contributed by atoms with E-state index in [-0.39, 0.29) is 0 Å². The molecule has 1 heterocycles. The first-order valence-corrected chi connectivity index (χ1v) is 9.38. The van der Waals surface area contributed by atoms with Crippen molar-refractivity contribution in [2.24, 2.45) is 0 Å². The van der Waals surface area contributed by atoms with Gasteiger partial charge in [-0.05, 0) is 30.5 Å². The molecule has 1 saturated heterocycles. The van der Waals surface area contributed by atoms with Gasteiger partial charge in [0, 0.05) is 26.2 Å². The first-order chi connectivity index (χ1) is 11.0. The van der Waals surface area contributed by atoms with Crippen LogP contribution in [0.15, 0.2) is 18.2 Å². The van der Waals surface area contributed by atoms with Crippen LogP contribution >= 0.6 is 0 Å². The number of rotatable bonds is 7. The number of piperidine rings is 1. The zero-order valence-electron chi connectivity index (χ0n) is 14.1. The molecule has 1 aromatic carbocycles. The molecule has 130 valence electrons. The molecule has 1 aliphatic rings. The number of benzene rings is 1. The van der Waals surface area contributed by atoms with Crippen LogP contribution in [-0.2, 0) is 16.8 Å². The SMILES string of the molecule is CCN(Cc1ccc(OC)c(OC)c1)S(=O)(=O)N1CCCCC1. The van der Waals surface area contributed by atoms with Gasteiger partial charge >= 0.3 is 0 Å². The average Bonchev–Trinajstić information content (AvgIpc) is 2.59. The minimum atomic E-state index is -3.41. The molecule has 0 aliphatic carbocycles. The zero-order valence-corrected chi connectivity index (χ0v) is 14.9. The van der Waals surface area contributed by atoms with Crippen LogP contribution in [0.4, 0.5) is 0 Å². The summed E-state index contributed by atoms with van der Waals surface area (Å²) < 4.78 is 39.2. The van der Waals surface area contributed by atoms with Crippen LogP contribution in [-0.4, -0.2) is 50.9 Å². The number of hydrogen-bond donors (Lipinski definition) is 0. The molecule has 0 atom stereocenters. The van der Waals surface area contributed by atoms with Gasteiger partial charge in [-0.15, -0.1) is 0 Å². The molecule has 0 saturated carbocycles. The summed E-state index contributed by atoms with van der Waals surface area (Å²) in [4.78, 5) is 0. The smallest absolute Gasteiger partial charge is 0.282 e. The Kier molecular flexibility index (Phi) is 6.26. The number of hydrogen-bond acceptors (Lipinski definition) is 4. The van der Waals surface area contributed by atoms with Crippen molar-refractivity contribution in [3.8, 4) is 11.5 Å². The van der Waals surface area contributed by atoms with Crippen molar-refractivity contribution in [2.75, 3.05) is 33.9 Å². The van der Waals surface area contributed by atoms with E-state index in [9.17, 15) is 8.42 Å². The fourth-order valence-corrected chi connectivity index (χ4v) is 4.48. The van der Waals surface area contributed by atoms with E-state index >= 15 is 0 Å². The Labute approximate surface area is 139 Å². The summed E-state index contributed by atoms with van der Waals surface area (Å²) in [6.07, 6.45) is 2.98. The molecule has 23 heavy (non-hydrogen) atoms. The lowest BCUT2D eigenvalue weighted by Crippen LogP contribution is -2.45. The van der Waals surface area contributed by atoms with Gasteiger partial charge in [0.05, 0.1) is 14.2 Å². The highest BCUT2D eigenvalue weighted by molar-refractivity contribution is 7.86. The number of ether oxygens (including phenoxy) is 2. The molecule has 0 amide bonds. The van der Waals surface area contributed by atoms with Gasteiger partial charge < -0.3 is 9.47 Å². The molecular weight excluding hydrogens is 316 g/mol. The Morgan fingerprint density at radius 3 is 2.30 bits per heavy atom. The predicted octanol–water partition coefficient (Wildman–Crippen LogP) is 2.26. The Morgan fingerprint density at radius 2 is 1.74 bits per heavy atom. The second-order valence-electron chi connectivity index (χ2n) is 5.58. The van der Waals surface area contributed by atoms with E-state index in [2.05, 4.69) is 0 Å². The molecule has 6 nitrogen and oxygen atoms in total. The second-order valence-corrected chi connectivity index (χ2v) is 7.51. The highest BCUT2D eigenvalue weighted by Crippen LogP contribution is 2.28. The second kappa shape index (κ2) is 7.99. The van der Waals surface area contributed by atoms with Crippen LogP contribution < -0.4 is 9.47 Å². The van der Waals surface area contributed by atoms with Crippen molar-refractivity contribution in [1.29, 1.82) is 0 Å². The van der Waals surface area contributed by atoms with E-state index in [0.29, 0.717) is 37.7 Å². The summed E-state index contributed by atoms with van der Waals surface area (Å²) in [5.41, 5.74) is 0.880. The maximum atomic E-state index is 12.8. The summed E-state index contributed by atoms with van der Waals surface area (Å²) in [7, 11) is -0.260. The lowest BCUT2D eigenvalue weighted by atomic mass is 10.2. The van der Waals surface area contributed by atoms with E-state index in [4.69, 9.17) is 9.47 Å². The molecule has 2 rings (SSSR count). The van der Waals surface area contributed by atoms with Gasteiger partial charge in [-0.1, -0.05) is 19.4 Å². The molecule has 1 aromatic rings. The van der Waals surface area contributed by atoms with Gasteiger partial charge in [-0.3, -0.25) is 0 Å². The molecule has 7 heteroatoms. The van der Waals surface area contributed by atoms with E-state index in [1.54, 1.807) is 24.6 Å². The van der Waals surface area contributed by atoms with Crippen molar-refractivity contribution in [1.82, 2.24) is 8.61 Å². The van der Waals surface area contributed by atoms with Gasteiger partial charge in [-0.25, -0.2) is 0 Å². The normalized spacial score (nSPS) is 16.5. The van der Waals surface area contributed by atoms with Crippen LogP contribution in [0, 0.1) is 0 Å². The molecule has 0 spiro atoms. The fourth-order valence-electron chi connectivity index (χ4n) is 2.80. The Morgan fingerprint density at radius 1 is 1.09 bits per heavy atom. The van der Waals surface area contributed by atoms with E-state index < -0.39 is 10.2 Å². The zero-order chi connectivity index (χ0) is 16.9. The fraction of sp³-hybridized carbons (Fsp3) is 0.625. The lowest BCUT2D eigenvalue weighted by molar-refractivity contribution is 0.303. The van der Waals surface area contributed by atoms with Gasteiger partial charge in [0.2, 0.25) is 0 Å². The van der Waals surface area contributed by atoms with E-state index in [1.807, 2.05) is 19.1 Å². The molecule has 1 aliphatic heterocycles. The van der Waals surface area contributed by atoms with Crippen molar-refractivity contribution in [3.63, 3.8) is 0 Å². The average molecular weight is 342 g/mol. The lowest BCUT2D eigenvalue weighted by Gasteiger charge is -2.31. The Hall–Kier alpha value is -1.31. The van der Waals surface area contributed by atoms with E-state index in [0.717, 1.165) is 24.8 Å². The van der Waals surface area contributed by atoms with Crippen molar-refractivity contribution < 1.29 is 17.9 Å². The molecule has 0 radical (unpaired) electrons. The van der Waals surface area contributed by atoms with Crippen LogP contribution in [0.3, 0.4) is 0 Å². The highest BCUT2D eigenvalue weighted by Gasteiger charge is 2.29. The summed E-state index contributed by atoms with van der Waals surface area (Å²) in [5, 5.41) is 0. The minimum Gasteiger partial charge on any atom is -0.493 e. The topological polar surface area (TPSA) is 59.1 Å². The third kappa shape index (κ3) is 4.16. The van der Waals surface area contributed by atoms with Gasteiger partial charge in [0.25, 0.3) is 10.2 Å². The third-order valence-electron chi connectivity index (χ3n) is 4.13. The molecule has 0 bridgehead atoms. The van der Waals surface area contributed by atoms with Crippen LogP contribution in [0.25, 0.3) is 0 Å². The standard InChI is InChI=1S/C16H26N2O4S/c1-4-17(23(19,20)18-10-6-5-7-11-18)13-14-8-9-15(21-2)16(12-14)22-3/h8-9,12H,4-7,10-11,13H2,1-3H3. The molecule has 0 aromatic heterocycles. The van der Waals surface area contributed by atoms with Crippen molar-refractivity contribution in [2.45, 2.75) is 32.7 Å². The number of nitrogens with zero attached hydrogens (tertiary/aromatic N) is 2. The summed E-state index contributed by atoms with van der Waals surface area (Å²) in [6.45, 7) is 3.86. The maximum Gasteiger partial charge on any atom is 0.282 e. The minimum absolute atomic E-state index is 0.329. The first kappa shape index (κ1) is 18.0. The quantitative estimate of drug-likeness (QED) is 0.763. The third-order valence-corrected chi connectivity index (χ3v) is 6.18. The first-order valence-electron chi connectivity index (χ1n) is 7.99. The van der Waals surface area contributed by atoms with Gasteiger partial charge in [0.15, 0.2) is 11.5 Å². The predicted molar refractivity (Wildman–Crippen MR) is 90.0 cm³/mol. The van der Waals surface area contributed by atoms with Crippen molar-refractivity contribution in [3.05, 3.63) is 23.8 Å². The van der Waals surface area contributed by atoms with E-state index in [1.165, 1.54) is 4.31 Å². The molecule has 0 unspecified atom stereocenters. The number of methoxy groups -OCH3 is 2. The molecule has 0 N–H and O–H groups in total. The summed E-state index contributed by atoms with van der Waals surface area (Å²) >= 11 is 0.